The topological polar surface area (TPSA) is 141 Å². The van der Waals surface area contributed by atoms with Gasteiger partial charge in [-0.3, -0.25) is 9.59 Å². The minimum Gasteiger partial charge on any atom is -0.507 e. The van der Waals surface area contributed by atoms with Crippen molar-refractivity contribution in [3.05, 3.63) is 136 Å². The Kier molecular flexibility index (Phi) is 14.9. The highest BCUT2D eigenvalue weighted by Crippen LogP contribution is 2.35. The third-order valence-corrected chi connectivity index (χ3v) is 8.76. The number of Topliss-reactive ketones (excluding diaryl/α,β-unsaturated/α-hetero) is 2. The monoisotopic (exact) mass is 701 g/mol. The Labute approximate surface area is 298 Å². The van der Waals surface area contributed by atoms with Crippen LogP contribution < -0.4 is 0 Å². The highest BCUT2D eigenvalue weighted by molar-refractivity contribution is 6.52. The van der Waals surface area contributed by atoms with Gasteiger partial charge < -0.3 is 25.0 Å². The van der Waals surface area contributed by atoms with Crippen molar-refractivity contribution in [2.24, 2.45) is 0 Å². The summed E-state index contributed by atoms with van der Waals surface area (Å²) < 4.78 is 6.48. The van der Waals surface area contributed by atoms with Gasteiger partial charge >= 0.3 is 11.9 Å². The number of carbonyl (C=O) groups excluding carboxylic acids is 2. The lowest BCUT2D eigenvalue weighted by molar-refractivity contribution is -0.134. The molecule has 3 aromatic rings. The Balaban J connectivity index is 0.000000229. The first-order chi connectivity index (χ1) is 23.7. The quantitative estimate of drug-likeness (QED) is 0.109. The number of aliphatic carboxylic acids is 2. The molecule has 0 bridgehead atoms. The van der Waals surface area contributed by atoms with Crippen LogP contribution in [0.15, 0.2) is 108 Å². The van der Waals surface area contributed by atoms with Gasteiger partial charge in [0.1, 0.15) is 11.4 Å². The summed E-state index contributed by atoms with van der Waals surface area (Å²) in [5.41, 5.74) is 3.79. The predicted octanol–water partition coefficient (Wildman–Crippen LogP) is 7.89. The van der Waals surface area contributed by atoms with E-state index in [0.717, 1.165) is 29.2 Å². The minimum absolute atomic E-state index is 0.0762. The number of carboxylic acid groups (broad SMARTS) is 2. The molecule has 2 aliphatic rings. The Morgan fingerprint density at radius 3 is 1.98 bits per heavy atom. The number of halogens is 1. The Morgan fingerprint density at radius 2 is 1.44 bits per heavy atom. The number of benzene rings is 3. The van der Waals surface area contributed by atoms with Crippen LogP contribution in [0.5, 0.6) is 0 Å². The first-order valence-corrected chi connectivity index (χ1v) is 16.7. The first-order valence-electron chi connectivity index (χ1n) is 16.3. The van der Waals surface area contributed by atoms with Gasteiger partial charge in [0, 0.05) is 46.5 Å². The van der Waals surface area contributed by atoms with E-state index in [1.165, 1.54) is 24.9 Å². The number of carbonyl (C=O) groups is 4. The Morgan fingerprint density at radius 1 is 0.880 bits per heavy atom. The second kappa shape index (κ2) is 18.8. The van der Waals surface area contributed by atoms with E-state index >= 15 is 0 Å². The molecule has 0 radical (unpaired) electrons. The number of aliphatic hydroxyl groups excluding tert-OH is 1. The van der Waals surface area contributed by atoms with Crippen LogP contribution in [0.25, 0.3) is 5.76 Å². The first kappa shape index (κ1) is 39.6. The van der Waals surface area contributed by atoms with Gasteiger partial charge in [-0.25, -0.2) is 9.59 Å². The molecule has 0 saturated carbocycles. The molecule has 10 heteroatoms. The third-order valence-electron chi connectivity index (χ3n) is 8.51. The standard InChI is InChI=1S/C21H26ClNO.C15H14O3.C4H4O4/c1-21(17-7-4-3-5-8-17,18-10-12-19(22)13-11-18)24-16-14-20-9-6-15-23(20)2;1-9(2)7-8-12-13(16)10-5-3-4-6-11(10)14(17)15(12)18;5-3(6)1-2-4(7)8/h3-5,7-8,10-13,20H,6,9,14-16H2,1-2H3;3-7,16H,8H2,1-2H3;1-2H,(H,5,6)(H,7,8). The van der Waals surface area contributed by atoms with Crippen LogP contribution in [0.4, 0.5) is 0 Å². The number of hydrogen-bond donors (Lipinski definition) is 3. The fraction of sp³-hybridized carbons (Fsp3) is 0.300. The van der Waals surface area contributed by atoms with Gasteiger partial charge in [0.25, 0.3) is 0 Å². The van der Waals surface area contributed by atoms with Crippen molar-refractivity contribution in [3.63, 3.8) is 0 Å². The minimum atomic E-state index is -1.26. The molecule has 264 valence electrons. The summed E-state index contributed by atoms with van der Waals surface area (Å²) >= 11 is 6.07. The lowest BCUT2D eigenvalue weighted by Gasteiger charge is -2.32. The summed E-state index contributed by atoms with van der Waals surface area (Å²) in [6.07, 6.45) is 6.88. The molecule has 3 aromatic carbocycles. The molecule has 1 heterocycles. The molecule has 1 aliphatic carbocycles. The van der Waals surface area contributed by atoms with E-state index in [1.54, 1.807) is 24.3 Å². The van der Waals surface area contributed by atoms with Gasteiger partial charge in [0.2, 0.25) is 11.6 Å². The van der Waals surface area contributed by atoms with Crippen molar-refractivity contribution in [1.82, 2.24) is 4.90 Å². The lowest BCUT2D eigenvalue weighted by atomic mass is 9.87. The number of rotatable bonds is 10. The number of ketones is 2. The maximum Gasteiger partial charge on any atom is 0.328 e. The van der Waals surface area contributed by atoms with Crippen molar-refractivity contribution in [2.75, 3.05) is 20.2 Å². The molecule has 1 fully saturated rings. The second-order valence-corrected chi connectivity index (χ2v) is 12.8. The summed E-state index contributed by atoms with van der Waals surface area (Å²) in [6.45, 7) is 7.92. The van der Waals surface area contributed by atoms with E-state index < -0.39 is 29.1 Å². The number of ether oxygens (including phenoxy) is 1. The maximum absolute atomic E-state index is 11.9. The average Bonchev–Trinajstić information content (AvgIpc) is 3.51. The molecule has 50 heavy (non-hydrogen) atoms. The zero-order valence-corrected chi connectivity index (χ0v) is 29.5. The third kappa shape index (κ3) is 11.1. The van der Waals surface area contributed by atoms with E-state index in [4.69, 9.17) is 26.6 Å². The molecule has 9 nitrogen and oxygen atoms in total. The maximum atomic E-state index is 11.9. The van der Waals surface area contributed by atoms with E-state index in [-0.39, 0.29) is 23.3 Å². The van der Waals surface area contributed by atoms with Crippen molar-refractivity contribution in [1.29, 1.82) is 0 Å². The smallest absolute Gasteiger partial charge is 0.328 e. The van der Waals surface area contributed by atoms with Gasteiger partial charge in [-0.1, -0.05) is 90.0 Å². The molecule has 3 N–H and O–H groups in total. The molecular weight excluding hydrogens is 658 g/mol. The lowest BCUT2D eigenvalue weighted by Crippen LogP contribution is -2.31. The summed E-state index contributed by atoms with van der Waals surface area (Å²) in [5, 5.41) is 26.5. The molecule has 2 atom stereocenters. The van der Waals surface area contributed by atoms with Gasteiger partial charge in [0.15, 0.2) is 0 Å². The van der Waals surface area contributed by atoms with E-state index in [0.29, 0.717) is 23.8 Å². The molecule has 0 spiro atoms. The molecule has 5 rings (SSSR count). The Bertz CT molecular complexity index is 1730. The zero-order valence-electron chi connectivity index (χ0n) is 28.8. The summed E-state index contributed by atoms with van der Waals surface area (Å²) in [6, 6.07) is 25.7. The number of likely N-dealkylation sites (tertiary alicyclic amines) is 1. The summed E-state index contributed by atoms with van der Waals surface area (Å²) in [4.78, 5) is 45.4. The van der Waals surface area contributed by atoms with Crippen LogP contribution in [-0.2, 0) is 24.7 Å². The van der Waals surface area contributed by atoms with Gasteiger partial charge in [-0.05, 0) is 83.3 Å². The Hall–Kier alpha value is -4.83. The van der Waals surface area contributed by atoms with E-state index in [9.17, 15) is 24.3 Å². The molecule has 1 saturated heterocycles. The van der Waals surface area contributed by atoms with Crippen LogP contribution in [0, 0.1) is 0 Å². The number of nitrogens with zero attached hydrogens (tertiary/aromatic N) is 1. The summed E-state index contributed by atoms with van der Waals surface area (Å²) in [7, 11) is 2.22. The molecule has 0 amide bonds. The van der Waals surface area contributed by atoms with E-state index in [1.807, 2.05) is 38.1 Å². The normalized spacial score (nSPS) is 16.8. The average molecular weight is 702 g/mol. The fourth-order valence-electron chi connectivity index (χ4n) is 5.66. The van der Waals surface area contributed by atoms with Gasteiger partial charge in [-0.2, -0.15) is 0 Å². The zero-order chi connectivity index (χ0) is 36.8. The van der Waals surface area contributed by atoms with Gasteiger partial charge in [-0.15, -0.1) is 0 Å². The van der Waals surface area contributed by atoms with Crippen molar-refractivity contribution in [3.8, 4) is 0 Å². The number of fused-ring (bicyclic) bond motifs is 1. The van der Waals surface area contributed by atoms with Crippen LogP contribution in [-0.4, -0.2) is 70.0 Å². The highest BCUT2D eigenvalue weighted by Gasteiger charge is 2.32. The number of aliphatic hydroxyl groups is 1. The summed E-state index contributed by atoms with van der Waals surface area (Å²) in [5.74, 6) is -3.74. The fourth-order valence-corrected chi connectivity index (χ4v) is 5.78. The van der Waals surface area contributed by atoms with Crippen LogP contribution in [0.3, 0.4) is 0 Å². The largest absolute Gasteiger partial charge is 0.507 e. The van der Waals surface area contributed by atoms with Gasteiger partial charge in [0.05, 0.1) is 0 Å². The van der Waals surface area contributed by atoms with E-state index in [2.05, 4.69) is 55.3 Å². The molecule has 1 aliphatic heterocycles. The van der Waals surface area contributed by atoms with Crippen LogP contribution in [0.1, 0.15) is 73.5 Å². The van der Waals surface area contributed by atoms with Crippen LogP contribution >= 0.6 is 11.6 Å². The van der Waals surface area contributed by atoms with Crippen molar-refractivity contribution < 1.29 is 39.2 Å². The van der Waals surface area contributed by atoms with Crippen molar-refractivity contribution >= 4 is 40.9 Å². The SMILES string of the molecule is CC(C)=CCC1=C(O)c2ccccc2C(=O)C1=O.CN1CCCC1CCOC(C)(c1ccccc1)c1ccc(Cl)cc1.O=C(O)C=CC(=O)O. The van der Waals surface area contributed by atoms with Crippen LogP contribution in [0.2, 0.25) is 5.02 Å². The number of carboxylic acids is 2. The molecular formula is C40H44ClNO8. The molecule has 0 aromatic heterocycles. The highest BCUT2D eigenvalue weighted by atomic mass is 35.5. The number of hydrogen-bond acceptors (Lipinski definition) is 7. The number of allylic oxidation sites excluding steroid dienone is 3. The molecule has 2 unspecified atom stereocenters. The predicted molar refractivity (Wildman–Crippen MR) is 194 cm³/mol. The second-order valence-electron chi connectivity index (χ2n) is 12.3. The van der Waals surface area contributed by atoms with Crippen molar-refractivity contribution in [2.45, 2.75) is 58.1 Å².